The van der Waals surface area contributed by atoms with Crippen molar-refractivity contribution in [3.8, 4) is 23.3 Å². The fourth-order valence-corrected chi connectivity index (χ4v) is 12.7. The van der Waals surface area contributed by atoms with Crippen LogP contribution >= 0.6 is 11.3 Å². The van der Waals surface area contributed by atoms with Crippen molar-refractivity contribution in [2.45, 2.75) is 31.4 Å². The number of pyridine rings is 1. The summed E-state index contributed by atoms with van der Waals surface area (Å²) in [5.41, 5.74) is 14.1. The van der Waals surface area contributed by atoms with Crippen LogP contribution in [0.4, 0.5) is 55.8 Å². The highest BCUT2D eigenvalue weighted by molar-refractivity contribution is 7.87. The fourth-order valence-electron chi connectivity index (χ4n) is 8.93. The van der Waals surface area contributed by atoms with Gasteiger partial charge in [-0.1, -0.05) is 59.9 Å². The van der Waals surface area contributed by atoms with E-state index in [1.54, 1.807) is 13.0 Å². The Bertz CT molecular complexity index is 5190. The van der Waals surface area contributed by atoms with Gasteiger partial charge in [-0.25, -0.2) is 4.98 Å². The molecule has 32 heteroatoms. The van der Waals surface area contributed by atoms with Gasteiger partial charge < -0.3 is 21.5 Å². The van der Waals surface area contributed by atoms with Crippen LogP contribution in [0.25, 0.3) is 43.4 Å². The SMILES string of the molecule is Cc1c(C#N)c(Nc2ccc(S(=O)(=O)O)cc2)nc(Nc2ccc(S(=O)(=O)O)cc2)c1NNc1sc(/N=N/c2ccc(NNc3ccc4cc(S(=O)(=O)O)cc(S(=O)(=O)O)c4c3)c3cc(S(=O)(=O)O)ccc23)c(-c2ccc3ccccc3c2)c1C#N. The minimum atomic E-state index is -5.05. The summed E-state index contributed by atoms with van der Waals surface area (Å²) in [5.74, 6) is -0.0277. The van der Waals surface area contributed by atoms with Crippen LogP contribution in [-0.2, 0) is 50.6 Å². The number of anilines is 8. The van der Waals surface area contributed by atoms with Crippen LogP contribution < -0.4 is 32.3 Å². The summed E-state index contributed by atoms with van der Waals surface area (Å²) in [7, 11) is -23.9. The zero-order valence-electron chi connectivity index (χ0n) is 43.4. The van der Waals surface area contributed by atoms with Gasteiger partial charge in [0.05, 0.1) is 47.8 Å². The van der Waals surface area contributed by atoms with E-state index in [-0.39, 0.29) is 94.0 Å². The number of benzene rings is 8. The minimum Gasteiger partial charge on any atom is -0.339 e. The van der Waals surface area contributed by atoms with E-state index in [1.165, 1.54) is 60.7 Å². The summed E-state index contributed by atoms with van der Waals surface area (Å²) in [6, 6.07) is 39.3. The van der Waals surface area contributed by atoms with Gasteiger partial charge in [-0.3, -0.25) is 33.6 Å². The number of nitriles is 2. The van der Waals surface area contributed by atoms with Crippen molar-refractivity contribution in [3.63, 3.8) is 0 Å². The van der Waals surface area contributed by atoms with E-state index >= 15 is 0 Å². The van der Waals surface area contributed by atoms with Gasteiger partial charge in [-0.15, -0.1) is 10.2 Å². The summed E-state index contributed by atoms with van der Waals surface area (Å²) in [5, 5.41) is 39.1. The average Bonchev–Trinajstić information content (AvgIpc) is 1.58. The van der Waals surface area contributed by atoms with E-state index in [0.29, 0.717) is 17.2 Å². The van der Waals surface area contributed by atoms with E-state index in [2.05, 4.69) is 59.7 Å². The number of hydrogen-bond acceptors (Lipinski definition) is 22. The Morgan fingerprint density at radius 2 is 1.06 bits per heavy atom. The lowest BCUT2D eigenvalue weighted by Crippen LogP contribution is -2.14. The topological polar surface area (TPSA) is 429 Å². The lowest BCUT2D eigenvalue weighted by molar-refractivity contribution is 0.478. The van der Waals surface area contributed by atoms with Crippen molar-refractivity contribution in [2.24, 2.45) is 10.2 Å². The highest BCUT2D eigenvalue weighted by Crippen LogP contribution is 2.48. The molecule has 2 aromatic heterocycles. The average molecular weight is 1270 g/mol. The van der Waals surface area contributed by atoms with Crippen molar-refractivity contribution in [2.75, 3.05) is 32.3 Å². The summed E-state index contributed by atoms with van der Waals surface area (Å²) in [6.07, 6.45) is 0. The maximum Gasteiger partial charge on any atom is 0.295 e. The Morgan fingerprint density at radius 3 is 1.66 bits per heavy atom. The van der Waals surface area contributed by atoms with Crippen LogP contribution in [0, 0.1) is 29.6 Å². The van der Waals surface area contributed by atoms with E-state index in [4.69, 9.17) is 0 Å². The Morgan fingerprint density at radius 1 is 0.477 bits per heavy atom. The smallest absolute Gasteiger partial charge is 0.295 e. The first-order valence-electron chi connectivity index (χ1n) is 24.3. The molecule has 0 amide bonds. The number of nitrogens with zero attached hydrogens (tertiary/aromatic N) is 5. The second-order valence-electron chi connectivity index (χ2n) is 18.5. The molecule has 0 atom stereocenters. The number of thiophene rings is 1. The summed E-state index contributed by atoms with van der Waals surface area (Å²) >= 11 is 0.966. The molecule has 8 aromatic carbocycles. The van der Waals surface area contributed by atoms with Gasteiger partial charge in [0.1, 0.15) is 32.7 Å². The zero-order valence-corrected chi connectivity index (χ0v) is 48.3. The quantitative estimate of drug-likeness (QED) is 0.0216. The van der Waals surface area contributed by atoms with Crippen molar-refractivity contribution >= 4 is 150 Å². The third-order valence-corrected chi connectivity index (χ3v) is 18.3. The first-order valence-corrected chi connectivity index (χ1v) is 32.3. The summed E-state index contributed by atoms with van der Waals surface area (Å²) in [4.78, 5) is 1.73. The number of azo groups is 1. The second-order valence-corrected chi connectivity index (χ2v) is 26.6. The molecular weight excluding hydrogens is 1240 g/mol. The van der Waals surface area contributed by atoms with Crippen LogP contribution in [-0.4, -0.2) is 69.8 Å². The van der Waals surface area contributed by atoms with Crippen LogP contribution in [0.15, 0.2) is 186 Å². The highest BCUT2D eigenvalue weighted by Gasteiger charge is 2.25. The van der Waals surface area contributed by atoms with Crippen LogP contribution in [0.2, 0.25) is 0 Å². The zero-order chi connectivity index (χ0) is 61.7. The number of nitrogens with one attached hydrogen (secondary N) is 6. The number of hydrogen-bond donors (Lipinski definition) is 11. The van der Waals surface area contributed by atoms with Crippen LogP contribution in [0.5, 0.6) is 0 Å². The Balaban J connectivity index is 1.04. The molecule has 0 aliphatic heterocycles. The Labute approximate surface area is 492 Å². The van der Waals surface area contributed by atoms with Gasteiger partial charge in [-0.2, -0.15) is 52.6 Å². The molecule has 0 saturated heterocycles. The first kappa shape index (κ1) is 59.5. The number of rotatable bonds is 18. The number of hydrazine groups is 2. The molecule has 10 rings (SSSR count). The molecule has 11 N–H and O–H groups in total. The molecule has 86 heavy (non-hydrogen) atoms. The fraction of sp³-hybridized carbons (Fsp3) is 0.0185. The summed E-state index contributed by atoms with van der Waals surface area (Å²) in [6.45, 7) is 1.57. The minimum absolute atomic E-state index is 0.00739. The standard InChI is InChI=1S/C54H39N11O15S6/c1-29-44(27-55)51(57-34-10-14-37(15-11-34)82(66,67)68)59-52(58-35-12-16-38(17-13-35)83(69,70)71)50(29)63-64-53-45(28-56)49(33-7-6-30-4-2-3-5-31(30)22-33)54(81-53)65-62-46-20-21-47(43-25-39(84(72,73)74)18-19-41(43)46)61-60-36-9-8-32-23-40(85(75,76)77)26-48(42(32)24-36)86(78,79)80/h2-26,60-61,63-64H,1H3,(H2,57,58,59)(H,66,67,68)(H,69,70,71)(H,72,73,74)(H,75,76,77)(H,78,79,80)/b65-62+. The maximum atomic E-state index is 12.5. The molecule has 0 spiro atoms. The summed E-state index contributed by atoms with van der Waals surface area (Å²) < 4.78 is 170. The van der Waals surface area contributed by atoms with Crippen molar-refractivity contribution in [1.82, 2.24) is 4.98 Å². The Hall–Kier alpha value is -9.68. The van der Waals surface area contributed by atoms with Gasteiger partial charge >= 0.3 is 0 Å². The van der Waals surface area contributed by atoms with Crippen molar-refractivity contribution in [1.29, 1.82) is 10.5 Å². The van der Waals surface area contributed by atoms with E-state index < -0.39 is 75.1 Å². The van der Waals surface area contributed by atoms with E-state index in [9.17, 15) is 75.4 Å². The first-order chi connectivity index (χ1) is 40.6. The largest absolute Gasteiger partial charge is 0.339 e. The van der Waals surface area contributed by atoms with Crippen molar-refractivity contribution in [3.05, 3.63) is 168 Å². The maximum absolute atomic E-state index is 12.5. The number of aromatic nitrogens is 1. The van der Waals surface area contributed by atoms with Gasteiger partial charge in [0.15, 0.2) is 11.6 Å². The predicted octanol–water partition coefficient (Wildman–Crippen LogP) is 11.3. The van der Waals surface area contributed by atoms with Gasteiger partial charge in [0.2, 0.25) is 0 Å². The van der Waals surface area contributed by atoms with Crippen molar-refractivity contribution < 1.29 is 64.9 Å². The molecule has 436 valence electrons. The molecule has 0 aliphatic carbocycles. The molecule has 0 bridgehead atoms. The molecule has 0 fully saturated rings. The number of fused-ring (bicyclic) bond motifs is 3. The molecule has 0 aliphatic rings. The van der Waals surface area contributed by atoms with E-state index in [1.807, 2.05) is 36.4 Å². The highest BCUT2D eigenvalue weighted by atomic mass is 32.2. The van der Waals surface area contributed by atoms with E-state index in [0.717, 1.165) is 64.6 Å². The monoisotopic (exact) mass is 1270 g/mol. The lowest BCUT2D eigenvalue weighted by Gasteiger charge is -2.20. The Kier molecular flexibility index (Phi) is 15.7. The second kappa shape index (κ2) is 22.7. The molecule has 10 aromatic rings. The normalized spacial score (nSPS) is 12.2. The van der Waals surface area contributed by atoms with Crippen LogP contribution in [0.1, 0.15) is 16.7 Å². The third kappa shape index (κ3) is 12.6. The van der Waals surface area contributed by atoms with Gasteiger partial charge in [0.25, 0.3) is 50.6 Å². The van der Waals surface area contributed by atoms with Crippen LogP contribution in [0.3, 0.4) is 0 Å². The third-order valence-electron chi connectivity index (χ3n) is 13.0. The lowest BCUT2D eigenvalue weighted by atomic mass is 10.00. The molecule has 0 unspecified atom stereocenters. The molecule has 0 radical (unpaired) electrons. The molecular formula is C54H39N11O15S6. The predicted molar refractivity (Wildman–Crippen MR) is 321 cm³/mol. The van der Waals surface area contributed by atoms with Gasteiger partial charge in [-0.05, 0) is 137 Å². The molecule has 0 saturated carbocycles. The van der Waals surface area contributed by atoms with Gasteiger partial charge in [0, 0.05) is 33.1 Å². The molecule has 2 heterocycles. The molecule has 26 nitrogen and oxygen atoms in total.